The van der Waals surface area contributed by atoms with E-state index in [1.54, 1.807) is 36.4 Å². The van der Waals surface area contributed by atoms with Crippen molar-refractivity contribution in [3.63, 3.8) is 0 Å². The summed E-state index contributed by atoms with van der Waals surface area (Å²) in [6.07, 6.45) is 0. The van der Waals surface area contributed by atoms with E-state index in [4.69, 9.17) is 28.9 Å². The number of anilines is 3. The molecule has 3 N–H and O–H groups in total. The maximum atomic E-state index is 12.4. The lowest BCUT2D eigenvalue weighted by Gasteiger charge is -2.24. The molecule has 0 bridgehead atoms. The lowest BCUT2D eigenvalue weighted by atomic mass is 10.2. The highest BCUT2D eigenvalue weighted by Gasteiger charge is 2.14. The molecule has 0 atom stereocenters. The third-order valence-electron chi connectivity index (χ3n) is 3.56. The Labute approximate surface area is 146 Å². The number of hydrogen-bond donors (Lipinski definition) is 2. The van der Waals surface area contributed by atoms with Crippen molar-refractivity contribution in [1.82, 2.24) is 0 Å². The van der Waals surface area contributed by atoms with E-state index >= 15 is 0 Å². The number of amides is 1. The lowest BCUT2D eigenvalue weighted by Crippen LogP contribution is -2.23. The van der Waals surface area contributed by atoms with E-state index in [0.717, 1.165) is 18.8 Å². The summed E-state index contributed by atoms with van der Waals surface area (Å²) >= 11 is 12.1. The highest BCUT2D eigenvalue weighted by atomic mass is 35.5. The van der Waals surface area contributed by atoms with Gasteiger partial charge in [-0.2, -0.15) is 0 Å². The summed E-state index contributed by atoms with van der Waals surface area (Å²) in [4.78, 5) is 14.4. The molecule has 0 aromatic heterocycles. The molecule has 2 rings (SSSR count). The van der Waals surface area contributed by atoms with Crippen molar-refractivity contribution >= 4 is 46.2 Å². The number of rotatable bonds is 5. The van der Waals surface area contributed by atoms with Crippen LogP contribution in [0.4, 0.5) is 17.1 Å². The molecule has 1 amide bonds. The molecule has 0 heterocycles. The minimum absolute atomic E-state index is 0.273. The summed E-state index contributed by atoms with van der Waals surface area (Å²) in [6.45, 7) is 5.71. The van der Waals surface area contributed by atoms with Crippen LogP contribution in [0.5, 0.6) is 0 Å². The summed E-state index contributed by atoms with van der Waals surface area (Å²) in [6, 6.07) is 10.2. The van der Waals surface area contributed by atoms with Gasteiger partial charge in [0.1, 0.15) is 0 Å². The van der Waals surface area contributed by atoms with Crippen molar-refractivity contribution in [2.24, 2.45) is 0 Å². The second-order valence-corrected chi connectivity index (χ2v) is 5.87. The SMILES string of the molecule is CCN(CC)c1cc(NC(=O)c2cccc(Cl)c2)c(Cl)cc1N. The standard InChI is InChI=1S/C17H19Cl2N3O/c1-3-22(4-2)16-10-15(13(19)9-14(16)20)21-17(23)11-6-5-7-12(18)8-11/h5-10H,3-4,20H2,1-2H3,(H,21,23). The van der Waals surface area contributed by atoms with Crippen molar-refractivity contribution in [3.8, 4) is 0 Å². The first-order chi connectivity index (χ1) is 11.0. The van der Waals surface area contributed by atoms with Crippen LogP contribution >= 0.6 is 23.2 Å². The van der Waals surface area contributed by atoms with Crippen LogP contribution in [0.15, 0.2) is 36.4 Å². The monoisotopic (exact) mass is 351 g/mol. The molecular formula is C17H19Cl2N3O. The fraction of sp³-hybridized carbons (Fsp3) is 0.235. The van der Waals surface area contributed by atoms with Crippen LogP contribution in [0.1, 0.15) is 24.2 Å². The molecule has 122 valence electrons. The molecule has 0 radical (unpaired) electrons. The molecule has 4 nitrogen and oxygen atoms in total. The molecule has 0 saturated heterocycles. The third kappa shape index (κ3) is 4.09. The number of nitrogens with zero attached hydrogens (tertiary/aromatic N) is 1. The summed E-state index contributed by atoms with van der Waals surface area (Å²) in [5, 5.41) is 3.71. The first-order valence-corrected chi connectivity index (χ1v) is 8.12. The van der Waals surface area contributed by atoms with Gasteiger partial charge >= 0.3 is 0 Å². The first-order valence-electron chi connectivity index (χ1n) is 7.37. The summed E-state index contributed by atoms with van der Waals surface area (Å²) in [7, 11) is 0. The van der Waals surface area contributed by atoms with Gasteiger partial charge in [0.25, 0.3) is 5.91 Å². The molecule has 6 heteroatoms. The Kier molecular flexibility index (Phi) is 5.74. The van der Waals surface area contributed by atoms with Gasteiger partial charge in [0.2, 0.25) is 0 Å². The maximum Gasteiger partial charge on any atom is 0.255 e. The van der Waals surface area contributed by atoms with E-state index < -0.39 is 0 Å². The zero-order valence-corrected chi connectivity index (χ0v) is 14.6. The van der Waals surface area contributed by atoms with Crippen molar-refractivity contribution in [3.05, 3.63) is 52.0 Å². The van der Waals surface area contributed by atoms with E-state index in [1.165, 1.54) is 0 Å². The highest BCUT2D eigenvalue weighted by Crippen LogP contribution is 2.33. The number of carbonyl (C=O) groups is 1. The predicted octanol–water partition coefficient (Wildman–Crippen LogP) is 4.67. The summed E-state index contributed by atoms with van der Waals surface area (Å²) in [5.74, 6) is -0.273. The first kappa shape index (κ1) is 17.4. The van der Waals surface area contributed by atoms with Gasteiger partial charge in [-0.25, -0.2) is 0 Å². The molecule has 0 aliphatic carbocycles. The van der Waals surface area contributed by atoms with E-state index in [0.29, 0.717) is 27.0 Å². The molecule has 0 fully saturated rings. The molecule has 0 unspecified atom stereocenters. The van der Waals surface area contributed by atoms with E-state index in [-0.39, 0.29) is 5.91 Å². The Morgan fingerprint density at radius 3 is 2.48 bits per heavy atom. The molecule has 0 aliphatic rings. The minimum atomic E-state index is -0.273. The van der Waals surface area contributed by atoms with Gasteiger partial charge < -0.3 is 16.0 Å². The second-order valence-electron chi connectivity index (χ2n) is 5.03. The zero-order chi connectivity index (χ0) is 17.0. The molecule has 0 saturated carbocycles. The number of nitrogen functional groups attached to an aromatic ring is 1. The Bertz CT molecular complexity index is 715. The predicted molar refractivity (Wildman–Crippen MR) is 98.8 cm³/mol. The Hall–Kier alpha value is -1.91. The quantitative estimate of drug-likeness (QED) is 0.769. The third-order valence-corrected chi connectivity index (χ3v) is 4.10. The topological polar surface area (TPSA) is 58.4 Å². The van der Waals surface area contributed by atoms with Gasteiger partial charge in [0.05, 0.1) is 22.1 Å². The lowest BCUT2D eigenvalue weighted by molar-refractivity contribution is 0.102. The van der Waals surface area contributed by atoms with Crippen LogP contribution in [0.2, 0.25) is 10.0 Å². The van der Waals surface area contributed by atoms with Crippen LogP contribution in [0.3, 0.4) is 0 Å². The average Bonchev–Trinajstić information content (AvgIpc) is 2.52. The van der Waals surface area contributed by atoms with Gasteiger partial charge in [-0.05, 0) is 44.2 Å². The minimum Gasteiger partial charge on any atom is -0.397 e. The van der Waals surface area contributed by atoms with Gasteiger partial charge in [0.15, 0.2) is 0 Å². The van der Waals surface area contributed by atoms with Gasteiger partial charge in [0, 0.05) is 23.7 Å². The summed E-state index contributed by atoms with van der Waals surface area (Å²) in [5.41, 5.74) is 8.47. The molecule has 0 spiro atoms. The Morgan fingerprint density at radius 2 is 1.87 bits per heavy atom. The largest absolute Gasteiger partial charge is 0.397 e. The van der Waals surface area contributed by atoms with Gasteiger partial charge in [-0.3, -0.25) is 4.79 Å². The van der Waals surface area contributed by atoms with Crippen molar-refractivity contribution in [2.75, 3.05) is 29.0 Å². The zero-order valence-electron chi connectivity index (χ0n) is 13.1. The van der Waals surface area contributed by atoms with E-state index in [2.05, 4.69) is 10.2 Å². The van der Waals surface area contributed by atoms with Crippen LogP contribution in [-0.4, -0.2) is 19.0 Å². The van der Waals surface area contributed by atoms with Crippen LogP contribution in [0, 0.1) is 0 Å². The van der Waals surface area contributed by atoms with Gasteiger partial charge in [-0.15, -0.1) is 0 Å². The van der Waals surface area contributed by atoms with Crippen LogP contribution in [0.25, 0.3) is 0 Å². The highest BCUT2D eigenvalue weighted by molar-refractivity contribution is 6.34. The van der Waals surface area contributed by atoms with E-state index in [9.17, 15) is 4.79 Å². The fourth-order valence-corrected chi connectivity index (χ4v) is 2.74. The van der Waals surface area contributed by atoms with Crippen molar-refractivity contribution < 1.29 is 4.79 Å². The molecule has 23 heavy (non-hydrogen) atoms. The van der Waals surface area contributed by atoms with Gasteiger partial charge in [-0.1, -0.05) is 29.3 Å². The second kappa shape index (κ2) is 7.57. The fourth-order valence-electron chi connectivity index (χ4n) is 2.34. The number of nitrogens with two attached hydrogens (primary N) is 1. The number of benzene rings is 2. The molecule has 2 aromatic carbocycles. The van der Waals surface area contributed by atoms with Crippen LogP contribution in [-0.2, 0) is 0 Å². The number of nitrogens with one attached hydrogen (secondary N) is 1. The number of carbonyl (C=O) groups excluding carboxylic acids is 1. The van der Waals surface area contributed by atoms with E-state index in [1.807, 2.05) is 13.8 Å². The van der Waals surface area contributed by atoms with Crippen molar-refractivity contribution in [1.29, 1.82) is 0 Å². The molecular weight excluding hydrogens is 333 g/mol. The molecule has 2 aromatic rings. The Morgan fingerprint density at radius 1 is 1.17 bits per heavy atom. The molecule has 0 aliphatic heterocycles. The average molecular weight is 352 g/mol. The number of hydrogen-bond acceptors (Lipinski definition) is 3. The van der Waals surface area contributed by atoms with Crippen molar-refractivity contribution in [2.45, 2.75) is 13.8 Å². The van der Waals surface area contributed by atoms with Crippen LogP contribution < -0.4 is 16.0 Å². The smallest absolute Gasteiger partial charge is 0.255 e. The number of halogens is 2. The Balaban J connectivity index is 2.32. The normalized spacial score (nSPS) is 10.4. The summed E-state index contributed by atoms with van der Waals surface area (Å²) < 4.78 is 0. The maximum absolute atomic E-state index is 12.4.